The number of aromatic nitrogens is 2. The first-order valence-electron chi connectivity index (χ1n) is 5.56. The number of rotatable bonds is 3. The minimum atomic E-state index is -0.480. The van der Waals surface area contributed by atoms with Crippen molar-refractivity contribution in [3.8, 4) is 11.7 Å². The van der Waals surface area contributed by atoms with Crippen LogP contribution >= 0.6 is 0 Å². The zero-order valence-electron chi connectivity index (χ0n) is 9.17. The quantitative estimate of drug-likeness (QED) is 0.802. The molecule has 0 bridgehead atoms. The van der Waals surface area contributed by atoms with E-state index in [0.717, 1.165) is 19.4 Å². The molecule has 1 unspecified atom stereocenters. The predicted octanol–water partition coefficient (Wildman–Crippen LogP) is 1.28. The van der Waals surface area contributed by atoms with E-state index in [0.29, 0.717) is 12.3 Å². The van der Waals surface area contributed by atoms with Gasteiger partial charge in [0.2, 0.25) is 0 Å². The van der Waals surface area contributed by atoms with Crippen molar-refractivity contribution < 1.29 is 13.6 Å². The molecule has 1 aliphatic heterocycles. The largest absolute Gasteiger partial charge is 0.459 e. The SMILES string of the molecule is O=c1oc(-c2ccco2)nn1CC1CCCO1. The monoisotopic (exact) mass is 236 g/mol. The van der Waals surface area contributed by atoms with E-state index in [-0.39, 0.29) is 12.0 Å². The molecule has 17 heavy (non-hydrogen) atoms. The van der Waals surface area contributed by atoms with Crippen LogP contribution in [0.2, 0.25) is 0 Å². The summed E-state index contributed by atoms with van der Waals surface area (Å²) in [6, 6.07) is 3.41. The Balaban J connectivity index is 1.83. The average Bonchev–Trinajstić information content (AvgIpc) is 3.02. The summed E-state index contributed by atoms with van der Waals surface area (Å²) in [5, 5.41) is 4.08. The van der Waals surface area contributed by atoms with E-state index in [2.05, 4.69) is 5.10 Å². The summed E-state index contributed by atoms with van der Waals surface area (Å²) < 4.78 is 16.9. The lowest BCUT2D eigenvalue weighted by Gasteiger charge is -2.06. The normalized spacial score (nSPS) is 19.9. The van der Waals surface area contributed by atoms with Crippen molar-refractivity contribution in [1.82, 2.24) is 9.78 Å². The summed E-state index contributed by atoms with van der Waals surface area (Å²) >= 11 is 0. The van der Waals surface area contributed by atoms with Gasteiger partial charge in [0.15, 0.2) is 5.76 Å². The fraction of sp³-hybridized carbons (Fsp3) is 0.455. The van der Waals surface area contributed by atoms with Gasteiger partial charge >= 0.3 is 5.76 Å². The first-order chi connectivity index (χ1) is 8.33. The molecule has 90 valence electrons. The first-order valence-corrected chi connectivity index (χ1v) is 5.56. The molecule has 3 heterocycles. The summed E-state index contributed by atoms with van der Waals surface area (Å²) in [6.07, 6.45) is 3.55. The molecule has 0 aliphatic carbocycles. The number of furan rings is 1. The second-order valence-electron chi connectivity index (χ2n) is 3.97. The van der Waals surface area contributed by atoms with Crippen LogP contribution in [0.5, 0.6) is 0 Å². The van der Waals surface area contributed by atoms with Crippen molar-refractivity contribution in [2.75, 3.05) is 6.61 Å². The third kappa shape index (κ3) is 2.03. The molecule has 2 aromatic rings. The zero-order chi connectivity index (χ0) is 11.7. The molecule has 0 N–H and O–H groups in total. The molecule has 2 aromatic heterocycles. The molecule has 1 fully saturated rings. The Morgan fingerprint density at radius 3 is 3.18 bits per heavy atom. The molecule has 0 spiro atoms. The molecule has 1 aliphatic rings. The van der Waals surface area contributed by atoms with Crippen LogP contribution < -0.4 is 5.76 Å². The molecular weight excluding hydrogens is 224 g/mol. The van der Waals surface area contributed by atoms with Gasteiger partial charge in [-0.05, 0) is 25.0 Å². The van der Waals surface area contributed by atoms with Gasteiger partial charge in [-0.2, -0.15) is 4.68 Å². The fourth-order valence-electron chi connectivity index (χ4n) is 1.90. The highest BCUT2D eigenvalue weighted by Gasteiger charge is 2.20. The van der Waals surface area contributed by atoms with Crippen molar-refractivity contribution in [2.24, 2.45) is 0 Å². The number of hydrogen-bond donors (Lipinski definition) is 0. The first kappa shape index (κ1) is 10.3. The Kier molecular flexibility index (Phi) is 2.56. The van der Waals surface area contributed by atoms with Crippen molar-refractivity contribution in [2.45, 2.75) is 25.5 Å². The number of nitrogens with zero attached hydrogens (tertiary/aromatic N) is 2. The smallest absolute Gasteiger partial charge is 0.437 e. The van der Waals surface area contributed by atoms with Crippen LogP contribution in [0.1, 0.15) is 12.8 Å². The van der Waals surface area contributed by atoms with Gasteiger partial charge in [0, 0.05) is 6.61 Å². The summed E-state index contributed by atoms with van der Waals surface area (Å²) in [4.78, 5) is 11.6. The zero-order valence-corrected chi connectivity index (χ0v) is 9.17. The lowest BCUT2D eigenvalue weighted by molar-refractivity contribution is 0.0922. The van der Waals surface area contributed by atoms with Crippen molar-refractivity contribution in [3.63, 3.8) is 0 Å². The highest BCUT2D eigenvalue weighted by molar-refractivity contribution is 5.42. The molecule has 6 nitrogen and oxygen atoms in total. The van der Waals surface area contributed by atoms with Gasteiger partial charge < -0.3 is 13.6 Å². The number of ether oxygens (including phenoxy) is 1. The lowest BCUT2D eigenvalue weighted by atomic mass is 10.2. The highest BCUT2D eigenvalue weighted by Crippen LogP contribution is 2.17. The van der Waals surface area contributed by atoms with E-state index in [4.69, 9.17) is 13.6 Å². The van der Waals surface area contributed by atoms with Crippen LogP contribution in [0, 0.1) is 0 Å². The molecule has 1 atom stereocenters. The van der Waals surface area contributed by atoms with Gasteiger partial charge in [0.1, 0.15) is 0 Å². The van der Waals surface area contributed by atoms with Crippen LogP contribution in [0.15, 0.2) is 32.0 Å². The lowest BCUT2D eigenvalue weighted by Crippen LogP contribution is -2.24. The minimum Gasteiger partial charge on any atom is -0.459 e. The van der Waals surface area contributed by atoms with Crippen LogP contribution in [-0.2, 0) is 11.3 Å². The Hall–Kier alpha value is -1.82. The van der Waals surface area contributed by atoms with E-state index in [9.17, 15) is 4.79 Å². The maximum absolute atomic E-state index is 11.6. The third-order valence-electron chi connectivity index (χ3n) is 2.74. The van der Waals surface area contributed by atoms with Gasteiger partial charge in [-0.3, -0.25) is 0 Å². The average molecular weight is 236 g/mol. The summed E-state index contributed by atoms with van der Waals surface area (Å²) in [6.45, 7) is 1.19. The highest BCUT2D eigenvalue weighted by atomic mass is 16.5. The summed E-state index contributed by atoms with van der Waals surface area (Å²) in [7, 11) is 0. The predicted molar refractivity (Wildman–Crippen MR) is 57.4 cm³/mol. The minimum absolute atomic E-state index is 0.0576. The van der Waals surface area contributed by atoms with Crippen molar-refractivity contribution in [1.29, 1.82) is 0 Å². The van der Waals surface area contributed by atoms with Crippen molar-refractivity contribution >= 4 is 0 Å². The van der Waals surface area contributed by atoms with Gasteiger partial charge in [-0.25, -0.2) is 4.79 Å². The van der Waals surface area contributed by atoms with E-state index < -0.39 is 5.76 Å². The molecule has 3 rings (SSSR count). The summed E-state index contributed by atoms with van der Waals surface area (Å²) in [5.74, 6) is 0.179. The van der Waals surface area contributed by atoms with Crippen LogP contribution in [0.4, 0.5) is 0 Å². The van der Waals surface area contributed by atoms with Gasteiger partial charge in [-0.15, -0.1) is 5.10 Å². The molecule has 0 saturated carbocycles. The van der Waals surface area contributed by atoms with E-state index in [1.54, 1.807) is 12.1 Å². The molecule has 0 aromatic carbocycles. The maximum atomic E-state index is 11.6. The molecule has 0 amide bonds. The van der Waals surface area contributed by atoms with E-state index in [1.165, 1.54) is 10.9 Å². The topological polar surface area (TPSA) is 70.4 Å². The Morgan fingerprint density at radius 1 is 1.53 bits per heavy atom. The second kappa shape index (κ2) is 4.21. The van der Waals surface area contributed by atoms with E-state index >= 15 is 0 Å². The van der Waals surface area contributed by atoms with Crippen LogP contribution in [0.3, 0.4) is 0 Å². The van der Waals surface area contributed by atoms with Crippen LogP contribution in [0.25, 0.3) is 11.7 Å². The molecule has 6 heteroatoms. The van der Waals surface area contributed by atoms with Gasteiger partial charge in [0.05, 0.1) is 18.9 Å². The molecule has 1 saturated heterocycles. The second-order valence-corrected chi connectivity index (χ2v) is 3.97. The molecular formula is C11H12N2O4. The van der Waals surface area contributed by atoms with Crippen LogP contribution in [-0.4, -0.2) is 22.5 Å². The molecule has 0 radical (unpaired) electrons. The summed E-state index contributed by atoms with van der Waals surface area (Å²) in [5.41, 5.74) is 0. The van der Waals surface area contributed by atoms with Crippen molar-refractivity contribution in [3.05, 3.63) is 28.9 Å². The fourth-order valence-corrected chi connectivity index (χ4v) is 1.90. The number of hydrogen-bond acceptors (Lipinski definition) is 5. The van der Waals surface area contributed by atoms with Gasteiger partial charge in [0.25, 0.3) is 5.89 Å². The van der Waals surface area contributed by atoms with E-state index in [1.807, 2.05) is 0 Å². The maximum Gasteiger partial charge on any atom is 0.437 e. The Morgan fingerprint density at radius 2 is 2.47 bits per heavy atom. The Bertz CT molecular complexity index is 534. The Labute approximate surface area is 96.8 Å². The third-order valence-corrected chi connectivity index (χ3v) is 2.74. The standard InChI is InChI=1S/C11H12N2O4/c14-11-13(7-8-3-1-5-15-8)12-10(17-11)9-4-2-6-16-9/h2,4,6,8H,1,3,5,7H2. The van der Waals surface area contributed by atoms with Gasteiger partial charge in [-0.1, -0.05) is 0 Å².